The molecule has 5 heteroatoms. The Morgan fingerprint density at radius 1 is 1.19 bits per heavy atom. The van der Waals surface area contributed by atoms with Gasteiger partial charge in [0.25, 0.3) is 0 Å². The molecule has 0 spiro atoms. The first kappa shape index (κ1) is 13.9. The van der Waals surface area contributed by atoms with Gasteiger partial charge in [0.1, 0.15) is 5.82 Å². The maximum atomic E-state index is 13.7. The summed E-state index contributed by atoms with van der Waals surface area (Å²) in [7, 11) is 1.96. The lowest BCUT2D eigenvalue weighted by Crippen LogP contribution is -2.02. The number of nitrogens with zero attached hydrogens (tertiary/aromatic N) is 1. The maximum Gasteiger partial charge on any atom is 0.150 e. The summed E-state index contributed by atoms with van der Waals surface area (Å²) in [5, 5.41) is 4.07. The summed E-state index contributed by atoms with van der Waals surface area (Å²) in [6, 6.07) is 9.86. The van der Waals surface area contributed by atoms with Crippen molar-refractivity contribution in [1.82, 2.24) is 4.57 Å². The summed E-state index contributed by atoms with van der Waals surface area (Å²) in [4.78, 5) is 0. The van der Waals surface area contributed by atoms with E-state index in [-0.39, 0.29) is 10.7 Å². The van der Waals surface area contributed by atoms with E-state index in [2.05, 4.69) is 5.32 Å². The molecule has 0 fully saturated rings. The molecule has 3 rings (SSSR count). The van der Waals surface area contributed by atoms with E-state index in [4.69, 9.17) is 11.6 Å². The van der Waals surface area contributed by atoms with Crippen LogP contribution in [-0.4, -0.2) is 4.57 Å². The van der Waals surface area contributed by atoms with Crippen molar-refractivity contribution in [1.29, 1.82) is 0 Å². The fourth-order valence-corrected chi connectivity index (χ4v) is 2.72. The topological polar surface area (TPSA) is 17.0 Å². The van der Waals surface area contributed by atoms with Gasteiger partial charge in [-0.25, -0.2) is 8.78 Å². The van der Waals surface area contributed by atoms with Gasteiger partial charge >= 0.3 is 0 Å². The molecule has 1 N–H and O–H groups in total. The first-order chi connectivity index (χ1) is 10.1. The molecular weight excluding hydrogens is 294 g/mol. The molecule has 3 aromatic rings. The van der Waals surface area contributed by atoms with Crippen molar-refractivity contribution < 1.29 is 8.78 Å². The van der Waals surface area contributed by atoms with E-state index in [1.807, 2.05) is 42.1 Å². The van der Waals surface area contributed by atoms with Crippen LogP contribution in [0, 0.1) is 11.6 Å². The van der Waals surface area contributed by atoms with Crippen LogP contribution in [0.5, 0.6) is 0 Å². The monoisotopic (exact) mass is 306 g/mol. The SMILES string of the molecule is Cn1cc(CNc2c(F)cc(F)cc2Cl)c2ccccc21. The Balaban J connectivity index is 1.91. The molecule has 0 amide bonds. The summed E-state index contributed by atoms with van der Waals surface area (Å²) in [5.41, 5.74) is 2.24. The first-order valence-electron chi connectivity index (χ1n) is 6.47. The zero-order valence-corrected chi connectivity index (χ0v) is 12.1. The lowest BCUT2D eigenvalue weighted by Gasteiger charge is -2.09. The molecule has 0 unspecified atom stereocenters. The van der Waals surface area contributed by atoms with Crippen LogP contribution in [0.3, 0.4) is 0 Å². The van der Waals surface area contributed by atoms with Crippen molar-refractivity contribution in [3.05, 3.63) is 64.8 Å². The predicted molar refractivity (Wildman–Crippen MR) is 81.6 cm³/mol. The van der Waals surface area contributed by atoms with E-state index in [9.17, 15) is 8.78 Å². The smallest absolute Gasteiger partial charge is 0.150 e. The third kappa shape index (κ3) is 2.59. The summed E-state index contributed by atoms with van der Waals surface area (Å²) in [6.07, 6.45) is 1.98. The number of aromatic nitrogens is 1. The minimum absolute atomic E-state index is 0.0349. The normalized spacial score (nSPS) is 11.0. The molecule has 0 saturated heterocycles. The standard InChI is InChI=1S/C16H13ClF2N2/c1-21-9-10(12-4-2-3-5-15(12)21)8-20-16-13(17)6-11(18)7-14(16)19/h2-7,9,20H,8H2,1H3. The molecule has 1 aromatic heterocycles. The summed E-state index contributed by atoms with van der Waals surface area (Å²) in [5.74, 6) is -1.38. The van der Waals surface area contributed by atoms with Gasteiger partial charge in [-0.15, -0.1) is 0 Å². The van der Waals surface area contributed by atoms with Gasteiger partial charge in [0.2, 0.25) is 0 Å². The van der Waals surface area contributed by atoms with Gasteiger partial charge in [-0.3, -0.25) is 0 Å². The van der Waals surface area contributed by atoms with Crippen LogP contribution in [0.15, 0.2) is 42.6 Å². The van der Waals surface area contributed by atoms with Crippen molar-refractivity contribution >= 4 is 28.2 Å². The number of benzene rings is 2. The van der Waals surface area contributed by atoms with Crippen molar-refractivity contribution in [2.75, 3.05) is 5.32 Å². The molecule has 21 heavy (non-hydrogen) atoms. The zero-order valence-electron chi connectivity index (χ0n) is 11.3. The fourth-order valence-electron chi connectivity index (χ4n) is 2.46. The highest BCUT2D eigenvalue weighted by atomic mass is 35.5. The molecule has 0 saturated carbocycles. The third-order valence-electron chi connectivity index (χ3n) is 3.44. The molecule has 0 aliphatic heterocycles. The first-order valence-corrected chi connectivity index (χ1v) is 6.85. The van der Waals surface area contributed by atoms with Crippen molar-refractivity contribution in [3.8, 4) is 0 Å². The van der Waals surface area contributed by atoms with E-state index in [1.54, 1.807) is 0 Å². The van der Waals surface area contributed by atoms with Gasteiger partial charge in [-0.05, 0) is 17.7 Å². The van der Waals surface area contributed by atoms with E-state index in [1.165, 1.54) is 0 Å². The summed E-state index contributed by atoms with van der Waals surface area (Å²) in [6.45, 7) is 0.406. The lowest BCUT2D eigenvalue weighted by molar-refractivity contribution is 0.585. The molecule has 0 atom stereocenters. The Bertz CT molecular complexity index is 788. The van der Waals surface area contributed by atoms with Gasteiger partial charge in [0.05, 0.1) is 10.7 Å². The molecular formula is C16H13ClF2N2. The van der Waals surface area contributed by atoms with E-state index in [0.29, 0.717) is 6.54 Å². The predicted octanol–water partition coefficient (Wildman–Crippen LogP) is 4.72. The Morgan fingerprint density at radius 2 is 1.95 bits per heavy atom. The van der Waals surface area contributed by atoms with E-state index < -0.39 is 11.6 Å². The van der Waals surface area contributed by atoms with Crippen LogP contribution in [0.4, 0.5) is 14.5 Å². The number of hydrogen-bond acceptors (Lipinski definition) is 1. The fraction of sp³-hybridized carbons (Fsp3) is 0.125. The van der Waals surface area contributed by atoms with Gasteiger partial charge < -0.3 is 9.88 Å². The highest BCUT2D eigenvalue weighted by Gasteiger charge is 2.11. The van der Waals surface area contributed by atoms with Crippen LogP contribution in [0.2, 0.25) is 5.02 Å². The minimum Gasteiger partial charge on any atom is -0.377 e. The Labute approximate surface area is 126 Å². The second kappa shape index (κ2) is 5.37. The largest absolute Gasteiger partial charge is 0.377 e. The molecule has 0 radical (unpaired) electrons. The average molecular weight is 307 g/mol. The van der Waals surface area contributed by atoms with Crippen LogP contribution < -0.4 is 5.32 Å². The van der Waals surface area contributed by atoms with Crippen molar-refractivity contribution in [3.63, 3.8) is 0 Å². The van der Waals surface area contributed by atoms with Gasteiger partial charge in [-0.2, -0.15) is 0 Å². The maximum absolute atomic E-state index is 13.7. The number of rotatable bonds is 3. The average Bonchev–Trinajstić information content (AvgIpc) is 2.75. The number of fused-ring (bicyclic) bond motifs is 1. The zero-order chi connectivity index (χ0) is 15.0. The molecule has 108 valence electrons. The highest BCUT2D eigenvalue weighted by Crippen LogP contribution is 2.28. The highest BCUT2D eigenvalue weighted by molar-refractivity contribution is 6.33. The quantitative estimate of drug-likeness (QED) is 0.740. The number of para-hydroxylation sites is 1. The summed E-state index contributed by atoms with van der Waals surface area (Å²) >= 11 is 5.88. The van der Waals surface area contributed by atoms with Crippen molar-refractivity contribution in [2.45, 2.75) is 6.54 Å². The Morgan fingerprint density at radius 3 is 2.71 bits per heavy atom. The number of anilines is 1. The molecule has 2 aromatic carbocycles. The Hall–Kier alpha value is -2.07. The third-order valence-corrected chi connectivity index (χ3v) is 3.74. The van der Waals surface area contributed by atoms with E-state index in [0.717, 1.165) is 28.6 Å². The second-order valence-corrected chi connectivity index (χ2v) is 5.29. The van der Waals surface area contributed by atoms with Crippen LogP contribution >= 0.6 is 11.6 Å². The molecule has 0 bridgehead atoms. The van der Waals surface area contributed by atoms with Crippen molar-refractivity contribution in [2.24, 2.45) is 7.05 Å². The van der Waals surface area contributed by atoms with Crippen LogP contribution in [0.1, 0.15) is 5.56 Å². The molecule has 0 aliphatic rings. The molecule has 0 aliphatic carbocycles. The molecule has 2 nitrogen and oxygen atoms in total. The van der Waals surface area contributed by atoms with Gasteiger partial charge in [0, 0.05) is 36.8 Å². The number of halogens is 3. The van der Waals surface area contributed by atoms with Gasteiger partial charge in [0.15, 0.2) is 5.82 Å². The Kier molecular flexibility index (Phi) is 3.55. The second-order valence-electron chi connectivity index (χ2n) is 4.88. The van der Waals surface area contributed by atoms with Crippen LogP contribution in [0.25, 0.3) is 10.9 Å². The lowest BCUT2D eigenvalue weighted by atomic mass is 10.1. The number of nitrogens with one attached hydrogen (secondary N) is 1. The minimum atomic E-state index is -0.694. The number of aryl methyl sites for hydroxylation is 1. The summed E-state index contributed by atoms with van der Waals surface area (Å²) < 4.78 is 28.8. The number of hydrogen-bond donors (Lipinski definition) is 1. The molecule has 1 heterocycles. The van der Waals surface area contributed by atoms with Gasteiger partial charge in [-0.1, -0.05) is 29.8 Å². The van der Waals surface area contributed by atoms with Crippen LogP contribution in [-0.2, 0) is 13.6 Å². The van der Waals surface area contributed by atoms with E-state index >= 15 is 0 Å².